The Bertz CT molecular complexity index is 1850. The van der Waals surface area contributed by atoms with Crippen LogP contribution in [0, 0.1) is 19.7 Å². The molecule has 6 aromatic rings. The maximum Gasteiger partial charge on any atom is 0.573 e. The van der Waals surface area contributed by atoms with Gasteiger partial charge in [-0.05, 0) is 74.9 Å². The van der Waals surface area contributed by atoms with Crippen LogP contribution in [-0.2, 0) is 0 Å². The first-order chi connectivity index (χ1) is 19.6. The molecule has 0 unspecified atom stereocenters. The third-order valence-electron chi connectivity index (χ3n) is 6.81. The lowest BCUT2D eigenvalue weighted by Crippen LogP contribution is -2.17. The van der Waals surface area contributed by atoms with Crippen LogP contribution < -0.4 is 4.74 Å². The molecule has 0 aliphatic rings. The normalized spacial score (nSPS) is 12.7. The summed E-state index contributed by atoms with van der Waals surface area (Å²) >= 11 is 0. The summed E-state index contributed by atoms with van der Waals surface area (Å²) in [6.07, 6.45) is 0.325. The van der Waals surface area contributed by atoms with E-state index in [1.54, 1.807) is 58.1 Å². The van der Waals surface area contributed by atoms with Crippen LogP contribution in [0.25, 0.3) is 34.1 Å². The second kappa shape index (κ2) is 9.88. The maximum absolute atomic E-state index is 15.0. The lowest BCUT2D eigenvalue weighted by molar-refractivity contribution is -0.274. The quantitative estimate of drug-likeness (QED) is 0.211. The summed E-state index contributed by atoms with van der Waals surface area (Å²) < 4.78 is 61.6. The Kier molecular flexibility index (Phi) is 6.32. The van der Waals surface area contributed by atoms with Crippen LogP contribution in [0.3, 0.4) is 0 Å². The van der Waals surface area contributed by atoms with Crippen LogP contribution in [0.1, 0.15) is 29.9 Å². The van der Waals surface area contributed by atoms with Crippen molar-refractivity contribution in [2.24, 2.45) is 0 Å². The minimum atomic E-state index is -4.75. The average Bonchev–Trinajstić information content (AvgIpc) is 3.66. The second-order valence-corrected chi connectivity index (χ2v) is 9.61. The lowest BCUT2D eigenvalue weighted by Gasteiger charge is -2.14. The smallest absolute Gasteiger partial charge is 0.406 e. The molecule has 0 saturated carbocycles. The Hall–Kier alpha value is -5.00. The van der Waals surface area contributed by atoms with E-state index in [0.717, 1.165) is 17.0 Å². The van der Waals surface area contributed by atoms with E-state index in [2.05, 4.69) is 24.9 Å². The van der Waals surface area contributed by atoms with Gasteiger partial charge >= 0.3 is 6.36 Å². The molecule has 0 aliphatic carbocycles. The van der Waals surface area contributed by atoms with Gasteiger partial charge in [-0.3, -0.25) is 9.25 Å². The number of fused-ring (bicyclic) bond motifs is 1. The number of benzene rings is 1. The monoisotopic (exact) mass is 561 g/mol. The SMILES string of the molecule is Cc1ccc(C)n1-c1nc2cc(-c3nc(-c4cnn([C@H](C)c5ccc(OC(F)(F)F)cc5)c4)ccc3F)ccn2n1. The summed E-state index contributed by atoms with van der Waals surface area (Å²) in [5, 5.41) is 8.96. The third kappa shape index (κ3) is 5.15. The molecule has 0 amide bonds. The molecule has 208 valence electrons. The number of nitrogens with zero attached hydrogens (tertiary/aromatic N) is 7. The predicted molar refractivity (Wildman–Crippen MR) is 143 cm³/mol. The van der Waals surface area contributed by atoms with Crippen molar-refractivity contribution < 1.29 is 22.3 Å². The molecule has 8 nitrogen and oxygen atoms in total. The highest BCUT2D eigenvalue weighted by atomic mass is 19.4. The van der Waals surface area contributed by atoms with E-state index in [-0.39, 0.29) is 17.5 Å². The first-order valence-corrected chi connectivity index (χ1v) is 12.6. The lowest BCUT2D eigenvalue weighted by atomic mass is 10.1. The van der Waals surface area contributed by atoms with Crippen molar-refractivity contribution in [2.75, 3.05) is 0 Å². The van der Waals surface area contributed by atoms with Gasteiger partial charge in [-0.15, -0.1) is 18.3 Å². The maximum atomic E-state index is 15.0. The number of hydrogen-bond donors (Lipinski definition) is 0. The number of halogens is 4. The Morgan fingerprint density at radius 3 is 2.32 bits per heavy atom. The van der Waals surface area contributed by atoms with Gasteiger partial charge in [0, 0.05) is 34.9 Å². The van der Waals surface area contributed by atoms with Crippen molar-refractivity contribution in [2.45, 2.75) is 33.2 Å². The van der Waals surface area contributed by atoms with Crippen molar-refractivity contribution in [3.05, 3.63) is 102 Å². The van der Waals surface area contributed by atoms with E-state index in [9.17, 15) is 17.6 Å². The minimum Gasteiger partial charge on any atom is -0.406 e. The molecule has 0 spiro atoms. The van der Waals surface area contributed by atoms with Gasteiger partial charge in [0.05, 0.1) is 17.9 Å². The van der Waals surface area contributed by atoms with Crippen LogP contribution in [0.5, 0.6) is 5.75 Å². The van der Waals surface area contributed by atoms with E-state index >= 15 is 0 Å². The highest BCUT2D eigenvalue weighted by Crippen LogP contribution is 2.29. The van der Waals surface area contributed by atoms with Crippen LogP contribution in [-0.4, -0.2) is 40.3 Å². The van der Waals surface area contributed by atoms with Gasteiger partial charge in [-0.25, -0.2) is 13.9 Å². The molecule has 1 aromatic carbocycles. The second-order valence-electron chi connectivity index (χ2n) is 9.61. The molecule has 5 aromatic heterocycles. The zero-order valence-electron chi connectivity index (χ0n) is 22.1. The Labute approximate surface area is 231 Å². The van der Waals surface area contributed by atoms with Crippen molar-refractivity contribution in [3.63, 3.8) is 0 Å². The molecule has 0 aliphatic heterocycles. The Morgan fingerprint density at radius 2 is 1.61 bits per heavy atom. The largest absolute Gasteiger partial charge is 0.573 e. The van der Waals surface area contributed by atoms with Crippen molar-refractivity contribution in [1.29, 1.82) is 0 Å². The molecule has 0 bridgehead atoms. The van der Waals surface area contributed by atoms with Crippen molar-refractivity contribution >= 4 is 5.65 Å². The summed E-state index contributed by atoms with van der Waals surface area (Å²) in [7, 11) is 0. The van der Waals surface area contributed by atoms with Crippen molar-refractivity contribution in [3.8, 4) is 34.2 Å². The number of rotatable bonds is 6. The third-order valence-corrected chi connectivity index (χ3v) is 6.81. The molecular weight excluding hydrogens is 538 g/mol. The van der Waals surface area contributed by atoms with Crippen LogP contribution in [0.15, 0.2) is 79.3 Å². The first kappa shape index (κ1) is 26.2. The van der Waals surface area contributed by atoms with Gasteiger partial charge in [0.15, 0.2) is 5.65 Å². The van der Waals surface area contributed by atoms with E-state index in [1.165, 1.54) is 18.2 Å². The summed E-state index contributed by atoms with van der Waals surface area (Å²) in [5.74, 6) is -0.265. The highest BCUT2D eigenvalue weighted by molar-refractivity contribution is 5.68. The molecular formula is C29H23F4N7O. The van der Waals surface area contributed by atoms with Gasteiger partial charge in [0.25, 0.3) is 5.95 Å². The van der Waals surface area contributed by atoms with E-state index in [4.69, 9.17) is 0 Å². The first-order valence-electron chi connectivity index (χ1n) is 12.6. The van der Waals surface area contributed by atoms with Crippen LogP contribution in [0.4, 0.5) is 17.6 Å². The number of alkyl halides is 3. The molecule has 12 heteroatoms. The predicted octanol–water partition coefficient (Wildman–Crippen LogP) is 6.71. The molecule has 0 N–H and O–H groups in total. The number of pyridine rings is 2. The molecule has 5 heterocycles. The van der Waals surface area contributed by atoms with Crippen LogP contribution >= 0.6 is 0 Å². The molecule has 0 radical (unpaired) electrons. The van der Waals surface area contributed by atoms with E-state index in [1.807, 2.05) is 37.5 Å². The Balaban J connectivity index is 1.27. The van der Waals surface area contributed by atoms with Gasteiger partial charge in [0.2, 0.25) is 0 Å². The number of ether oxygens (including phenoxy) is 1. The van der Waals surface area contributed by atoms with Crippen LogP contribution in [0.2, 0.25) is 0 Å². The van der Waals surface area contributed by atoms with Gasteiger partial charge in [-0.1, -0.05) is 12.1 Å². The summed E-state index contributed by atoms with van der Waals surface area (Å²) in [6, 6.07) is 15.7. The minimum absolute atomic E-state index is 0.156. The molecule has 0 fully saturated rings. The molecule has 6 rings (SSSR count). The number of hydrogen-bond acceptors (Lipinski definition) is 5. The standard InChI is InChI=1S/C29H23F4N7O/c1-17-4-5-18(2)40(17)28-36-26-14-21(12-13-38(26)37-28)27-24(30)10-11-25(35-27)22-15-34-39(16-22)19(3)20-6-8-23(9-7-20)41-29(31,32)33/h4-16,19H,1-3H3/t19-/m1/s1. The topological polar surface area (TPSA) is 75.1 Å². The fourth-order valence-corrected chi connectivity index (χ4v) is 4.68. The van der Waals surface area contributed by atoms with E-state index in [0.29, 0.717) is 28.4 Å². The summed E-state index contributed by atoms with van der Waals surface area (Å²) in [6.45, 7) is 5.81. The zero-order chi connectivity index (χ0) is 28.9. The average molecular weight is 562 g/mol. The molecule has 41 heavy (non-hydrogen) atoms. The van der Waals surface area contributed by atoms with E-state index < -0.39 is 12.2 Å². The number of aromatic nitrogens is 7. The van der Waals surface area contributed by atoms with Gasteiger partial charge < -0.3 is 4.74 Å². The zero-order valence-corrected chi connectivity index (χ0v) is 22.1. The van der Waals surface area contributed by atoms with Gasteiger partial charge in [0.1, 0.15) is 17.3 Å². The highest BCUT2D eigenvalue weighted by Gasteiger charge is 2.31. The molecule has 0 saturated heterocycles. The summed E-state index contributed by atoms with van der Waals surface area (Å²) in [5.41, 5.74) is 5.14. The number of aryl methyl sites for hydroxylation is 2. The summed E-state index contributed by atoms with van der Waals surface area (Å²) in [4.78, 5) is 9.22. The fourth-order valence-electron chi connectivity index (χ4n) is 4.68. The van der Waals surface area contributed by atoms with Crippen molar-refractivity contribution in [1.82, 2.24) is 33.9 Å². The molecule has 1 atom stereocenters. The van der Waals surface area contributed by atoms with Gasteiger partial charge in [-0.2, -0.15) is 10.1 Å². The fraction of sp³-hybridized carbons (Fsp3) is 0.172. The Morgan fingerprint density at radius 1 is 0.878 bits per heavy atom.